The van der Waals surface area contributed by atoms with Crippen molar-refractivity contribution in [1.82, 2.24) is 0 Å². The van der Waals surface area contributed by atoms with Crippen LogP contribution in [0.5, 0.6) is 5.75 Å². The van der Waals surface area contributed by atoms with E-state index in [-0.39, 0.29) is 11.9 Å². The molecule has 1 aromatic carbocycles. The number of carbonyl (C=O) groups excluding carboxylic acids is 1. The average Bonchev–Trinajstić information content (AvgIpc) is 2.78. The maximum atomic E-state index is 12.6. The monoisotopic (exact) mass is 398 g/mol. The molecule has 0 unspecified atom stereocenters. The van der Waals surface area contributed by atoms with Crippen molar-refractivity contribution in [1.29, 1.82) is 0 Å². The molecule has 2 aliphatic rings. The van der Waals surface area contributed by atoms with Crippen LogP contribution in [0.25, 0.3) is 0 Å². The van der Waals surface area contributed by atoms with Gasteiger partial charge in [-0.05, 0) is 80.4 Å². The van der Waals surface area contributed by atoms with E-state index in [0.717, 1.165) is 37.0 Å². The number of hydrogen-bond donors (Lipinski definition) is 0. The molecule has 0 atom stereocenters. The number of aryl methyl sites for hydroxylation is 1. The quantitative estimate of drug-likeness (QED) is 0.241. The molecule has 0 saturated heterocycles. The minimum absolute atomic E-state index is 0.0107. The topological polar surface area (TPSA) is 26.3 Å². The Morgan fingerprint density at radius 2 is 1.45 bits per heavy atom. The second-order valence-electron chi connectivity index (χ2n) is 9.66. The fourth-order valence-electron chi connectivity index (χ4n) is 5.63. The van der Waals surface area contributed by atoms with E-state index in [2.05, 4.69) is 26.0 Å². The summed E-state index contributed by atoms with van der Waals surface area (Å²) < 4.78 is 5.66. The molecule has 29 heavy (non-hydrogen) atoms. The first-order valence-electron chi connectivity index (χ1n) is 12.5. The van der Waals surface area contributed by atoms with Crippen molar-refractivity contribution in [3.63, 3.8) is 0 Å². The normalized spacial score (nSPS) is 27.5. The van der Waals surface area contributed by atoms with E-state index in [1.54, 1.807) is 0 Å². The predicted molar refractivity (Wildman–Crippen MR) is 121 cm³/mol. The summed E-state index contributed by atoms with van der Waals surface area (Å²) in [5.41, 5.74) is 1.28. The lowest BCUT2D eigenvalue weighted by Gasteiger charge is -2.37. The van der Waals surface area contributed by atoms with Crippen molar-refractivity contribution in [2.75, 3.05) is 0 Å². The van der Waals surface area contributed by atoms with Crippen LogP contribution < -0.4 is 4.74 Å². The summed E-state index contributed by atoms with van der Waals surface area (Å²) >= 11 is 0. The summed E-state index contributed by atoms with van der Waals surface area (Å²) in [6, 6.07) is 7.98. The zero-order chi connectivity index (χ0) is 20.5. The Morgan fingerprint density at radius 1 is 0.828 bits per heavy atom. The van der Waals surface area contributed by atoms with Gasteiger partial charge in [-0.15, -0.1) is 0 Å². The first-order valence-corrected chi connectivity index (χ1v) is 12.5. The minimum atomic E-state index is -0.0107. The van der Waals surface area contributed by atoms with Crippen LogP contribution in [0, 0.1) is 23.7 Å². The summed E-state index contributed by atoms with van der Waals surface area (Å²) in [5, 5.41) is 0. The highest BCUT2D eigenvalue weighted by Gasteiger charge is 2.33. The molecule has 2 fully saturated rings. The Labute approximate surface area is 178 Å². The SMILES string of the molecule is CCCCCCC1CCC(C2CCC(C(=O)Oc3ccc(CC)cc3)CC2)CC1. The van der Waals surface area contributed by atoms with Gasteiger partial charge in [-0.1, -0.05) is 70.9 Å². The van der Waals surface area contributed by atoms with Gasteiger partial charge in [0.2, 0.25) is 0 Å². The molecule has 0 radical (unpaired) electrons. The number of benzene rings is 1. The van der Waals surface area contributed by atoms with Crippen molar-refractivity contribution < 1.29 is 9.53 Å². The Kier molecular flexibility index (Phi) is 9.08. The molecular formula is C27H42O2. The molecule has 0 heterocycles. The predicted octanol–water partition coefficient (Wildman–Crippen LogP) is 7.74. The van der Waals surface area contributed by atoms with Crippen molar-refractivity contribution in [3.8, 4) is 5.75 Å². The third kappa shape index (κ3) is 6.86. The highest BCUT2D eigenvalue weighted by molar-refractivity contribution is 5.75. The summed E-state index contributed by atoms with van der Waals surface area (Å²) in [5.74, 6) is 3.56. The number of ether oxygens (including phenoxy) is 1. The third-order valence-electron chi connectivity index (χ3n) is 7.68. The molecule has 2 saturated carbocycles. The molecule has 0 amide bonds. The molecular weight excluding hydrogens is 356 g/mol. The molecule has 1 aromatic rings. The fourth-order valence-corrected chi connectivity index (χ4v) is 5.63. The van der Waals surface area contributed by atoms with Gasteiger partial charge in [0.05, 0.1) is 5.92 Å². The lowest BCUT2D eigenvalue weighted by atomic mass is 9.68. The largest absolute Gasteiger partial charge is 0.426 e. The highest BCUT2D eigenvalue weighted by atomic mass is 16.5. The highest BCUT2D eigenvalue weighted by Crippen LogP contribution is 2.42. The molecule has 2 nitrogen and oxygen atoms in total. The zero-order valence-electron chi connectivity index (χ0n) is 18.8. The fraction of sp³-hybridized carbons (Fsp3) is 0.741. The van der Waals surface area contributed by atoms with E-state index in [1.807, 2.05) is 12.1 Å². The molecule has 162 valence electrons. The van der Waals surface area contributed by atoms with E-state index >= 15 is 0 Å². The van der Waals surface area contributed by atoms with Crippen LogP contribution >= 0.6 is 0 Å². The van der Waals surface area contributed by atoms with E-state index in [1.165, 1.54) is 76.2 Å². The number of rotatable bonds is 9. The van der Waals surface area contributed by atoms with Crippen molar-refractivity contribution in [2.24, 2.45) is 23.7 Å². The summed E-state index contributed by atoms with van der Waals surface area (Å²) in [6.07, 6.45) is 18.4. The molecule has 0 bridgehead atoms. The minimum Gasteiger partial charge on any atom is -0.426 e. The Balaban J connectivity index is 1.35. The van der Waals surface area contributed by atoms with E-state index < -0.39 is 0 Å². The number of hydrogen-bond acceptors (Lipinski definition) is 2. The second kappa shape index (κ2) is 11.8. The molecule has 3 rings (SSSR count). The van der Waals surface area contributed by atoms with Crippen LogP contribution in [0.1, 0.15) is 103 Å². The van der Waals surface area contributed by atoms with Crippen LogP contribution in [0.4, 0.5) is 0 Å². The van der Waals surface area contributed by atoms with Gasteiger partial charge in [-0.2, -0.15) is 0 Å². The lowest BCUT2D eigenvalue weighted by molar-refractivity contribution is -0.140. The van der Waals surface area contributed by atoms with Crippen molar-refractivity contribution >= 4 is 5.97 Å². The van der Waals surface area contributed by atoms with Crippen molar-refractivity contribution in [3.05, 3.63) is 29.8 Å². The maximum absolute atomic E-state index is 12.6. The van der Waals surface area contributed by atoms with Gasteiger partial charge >= 0.3 is 5.97 Å². The number of unbranched alkanes of at least 4 members (excludes halogenated alkanes) is 3. The Morgan fingerprint density at radius 3 is 2.03 bits per heavy atom. The first-order chi connectivity index (χ1) is 14.2. The van der Waals surface area contributed by atoms with Gasteiger partial charge in [-0.3, -0.25) is 4.79 Å². The molecule has 0 aliphatic heterocycles. The lowest BCUT2D eigenvalue weighted by Crippen LogP contribution is -2.30. The third-order valence-corrected chi connectivity index (χ3v) is 7.68. The standard InChI is InChI=1S/C27H42O2/c1-3-5-6-7-8-22-9-13-23(14-10-22)24-15-17-25(18-16-24)27(28)29-26-19-11-21(4-2)12-20-26/h11-12,19-20,22-25H,3-10,13-18H2,1-2H3. The van der Waals surface area contributed by atoms with Gasteiger partial charge in [-0.25, -0.2) is 0 Å². The molecule has 0 spiro atoms. The van der Waals surface area contributed by atoms with Gasteiger partial charge in [0.1, 0.15) is 5.75 Å². The summed E-state index contributed by atoms with van der Waals surface area (Å²) in [7, 11) is 0. The Hall–Kier alpha value is -1.31. The van der Waals surface area contributed by atoms with Crippen LogP contribution in [-0.2, 0) is 11.2 Å². The zero-order valence-corrected chi connectivity index (χ0v) is 18.8. The van der Waals surface area contributed by atoms with Crippen LogP contribution in [0.2, 0.25) is 0 Å². The van der Waals surface area contributed by atoms with Crippen molar-refractivity contribution in [2.45, 2.75) is 104 Å². The van der Waals surface area contributed by atoms with Gasteiger partial charge < -0.3 is 4.74 Å². The molecule has 0 aromatic heterocycles. The van der Waals surface area contributed by atoms with Crippen LogP contribution in [0.15, 0.2) is 24.3 Å². The van der Waals surface area contributed by atoms with E-state index in [9.17, 15) is 4.79 Å². The Bertz CT molecular complexity index is 589. The van der Waals surface area contributed by atoms with Crippen LogP contribution in [0.3, 0.4) is 0 Å². The summed E-state index contributed by atoms with van der Waals surface area (Å²) in [6.45, 7) is 4.43. The van der Waals surface area contributed by atoms with Gasteiger partial charge in [0, 0.05) is 0 Å². The number of esters is 1. The van der Waals surface area contributed by atoms with E-state index in [4.69, 9.17) is 4.74 Å². The number of carbonyl (C=O) groups is 1. The maximum Gasteiger partial charge on any atom is 0.314 e. The molecule has 2 heteroatoms. The smallest absolute Gasteiger partial charge is 0.314 e. The first kappa shape index (κ1) is 22.4. The summed E-state index contributed by atoms with van der Waals surface area (Å²) in [4.78, 5) is 12.6. The van der Waals surface area contributed by atoms with Gasteiger partial charge in [0.25, 0.3) is 0 Å². The molecule has 0 N–H and O–H groups in total. The average molecular weight is 399 g/mol. The van der Waals surface area contributed by atoms with Gasteiger partial charge in [0.15, 0.2) is 0 Å². The second-order valence-corrected chi connectivity index (χ2v) is 9.66. The van der Waals surface area contributed by atoms with Crippen LogP contribution in [-0.4, -0.2) is 5.97 Å². The molecule has 2 aliphatic carbocycles. The van der Waals surface area contributed by atoms with E-state index in [0.29, 0.717) is 5.75 Å².